The van der Waals surface area contributed by atoms with Crippen LogP contribution in [0.15, 0.2) is 36.8 Å². The van der Waals surface area contributed by atoms with Crippen LogP contribution in [0.5, 0.6) is 0 Å². The Labute approximate surface area is 355 Å². The number of hydrogen-bond acceptors (Lipinski definition) is 8. The molecule has 8 heteroatoms. The van der Waals surface area contributed by atoms with E-state index in [1.807, 2.05) is 31.5 Å². The molecule has 4 rings (SSSR count). The van der Waals surface area contributed by atoms with Crippen LogP contribution in [-0.4, -0.2) is 116 Å². The first-order chi connectivity index (χ1) is 25.8. The number of likely N-dealkylation sites (N-methyl/N-ethyl adjacent to an activating group) is 1. The number of methoxy groups -OCH3 is 1. The van der Waals surface area contributed by atoms with Crippen molar-refractivity contribution in [3.05, 3.63) is 53.9 Å². The third kappa shape index (κ3) is 36.8. The van der Waals surface area contributed by atoms with E-state index in [-0.39, 0.29) is 10.8 Å². The summed E-state index contributed by atoms with van der Waals surface area (Å²) in [5.41, 5.74) is 5.21. The molecular formula is C49H96N6O2. The normalized spacial score (nSPS) is 16.1. The van der Waals surface area contributed by atoms with Crippen molar-refractivity contribution in [2.45, 2.75) is 156 Å². The van der Waals surface area contributed by atoms with Crippen LogP contribution >= 0.6 is 0 Å². The molecule has 0 saturated carbocycles. The van der Waals surface area contributed by atoms with E-state index in [9.17, 15) is 0 Å². The average Bonchev–Trinajstić information content (AvgIpc) is 3.05. The van der Waals surface area contributed by atoms with E-state index < -0.39 is 0 Å². The number of piperazine rings is 1. The summed E-state index contributed by atoms with van der Waals surface area (Å²) in [6.45, 7) is 56.2. The Morgan fingerprint density at radius 1 is 0.579 bits per heavy atom. The highest BCUT2D eigenvalue weighted by atomic mass is 16.5. The Morgan fingerprint density at radius 2 is 1.04 bits per heavy atom. The molecular weight excluding hydrogens is 705 g/mol. The first kappa shape index (κ1) is 57.1. The van der Waals surface area contributed by atoms with Crippen molar-refractivity contribution in [2.75, 3.05) is 86.3 Å². The summed E-state index contributed by atoms with van der Waals surface area (Å²) in [6, 6.07) is 6.02. The molecule has 2 aliphatic rings. The van der Waals surface area contributed by atoms with Crippen LogP contribution in [0.4, 0.5) is 0 Å². The minimum Gasteiger partial charge on any atom is -0.384 e. The summed E-state index contributed by atoms with van der Waals surface area (Å²) in [5.74, 6) is 0. The number of nitrogens with zero attached hydrogens (tertiary/aromatic N) is 6. The van der Waals surface area contributed by atoms with Crippen LogP contribution in [0.1, 0.15) is 155 Å². The van der Waals surface area contributed by atoms with Crippen molar-refractivity contribution >= 4 is 0 Å². The molecule has 0 aromatic carbocycles. The van der Waals surface area contributed by atoms with E-state index in [0.717, 1.165) is 50.0 Å². The summed E-state index contributed by atoms with van der Waals surface area (Å²) in [5, 5.41) is 0. The maximum atomic E-state index is 5.27. The van der Waals surface area contributed by atoms with Crippen LogP contribution in [0.3, 0.4) is 0 Å². The summed E-state index contributed by atoms with van der Waals surface area (Å²) < 4.78 is 10.2. The highest BCUT2D eigenvalue weighted by molar-refractivity contribution is 5.12. The number of rotatable bonds is 3. The maximum Gasteiger partial charge on any atom is 0.0640 e. The van der Waals surface area contributed by atoms with E-state index in [1.54, 1.807) is 13.3 Å². The predicted octanol–water partition coefficient (Wildman–Crippen LogP) is 11.2. The average molecular weight is 801 g/mol. The lowest BCUT2D eigenvalue weighted by Crippen LogP contribution is -2.47. The number of morpholine rings is 1. The summed E-state index contributed by atoms with van der Waals surface area (Å²) in [7, 11) is 3.93. The van der Waals surface area contributed by atoms with Crippen LogP contribution < -0.4 is 0 Å². The molecule has 0 amide bonds. The third-order valence-corrected chi connectivity index (χ3v) is 8.72. The van der Waals surface area contributed by atoms with Gasteiger partial charge in [-0.15, -0.1) is 0 Å². The first-order valence-corrected chi connectivity index (χ1v) is 21.7. The van der Waals surface area contributed by atoms with Crippen molar-refractivity contribution in [1.29, 1.82) is 0 Å². The summed E-state index contributed by atoms with van der Waals surface area (Å²) in [4.78, 5) is 20.2. The van der Waals surface area contributed by atoms with Gasteiger partial charge in [-0.25, -0.2) is 0 Å². The molecule has 4 heterocycles. The fraction of sp³-hybridized carbons (Fsp3) is 0.816. The second-order valence-corrected chi connectivity index (χ2v) is 22.8. The molecule has 334 valence electrons. The van der Waals surface area contributed by atoms with E-state index in [4.69, 9.17) is 9.47 Å². The molecule has 2 fully saturated rings. The second kappa shape index (κ2) is 27.0. The Morgan fingerprint density at radius 3 is 1.32 bits per heavy atom. The molecule has 0 bridgehead atoms. The van der Waals surface area contributed by atoms with Gasteiger partial charge >= 0.3 is 0 Å². The van der Waals surface area contributed by atoms with Crippen LogP contribution in [0.2, 0.25) is 0 Å². The highest BCUT2D eigenvalue weighted by Gasteiger charge is 2.20. The van der Waals surface area contributed by atoms with Crippen molar-refractivity contribution < 1.29 is 9.47 Å². The van der Waals surface area contributed by atoms with Crippen molar-refractivity contribution in [2.24, 2.45) is 21.7 Å². The third-order valence-electron chi connectivity index (χ3n) is 8.72. The number of hydrogen-bond donors (Lipinski definition) is 0. The predicted molar refractivity (Wildman–Crippen MR) is 250 cm³/mol. The van der Waals surface area contributed by atoms with Gasteiger partial charge in [0.2, 0.25) is 0 Å². The minimum absolute atomic E-state index is 0.112. The second-order valence-electron chi connectivity index (χ2n) is 22.8. The molecule has 0 radical (unpaired) electrons. The van der Waals surface area contributed by atoms with Crippen LogP contribution in [-0.2, 0) is 20.3 Å². The van der Waals surface area contributed by atoms with Crippen molar-refractivity contribution in [1.82, 2.24) is 29.7 Å². The molecule has 2 aromatic heterocycles. The summed E-state index contributed by atoms with van der Waals surface area (Å²) >= 11 is 0. The molecule has 0 atom stereocenters. The standard InChI is InChI=1S/C10H22N2.C9H14N2.C9H19NO.C9H13N.C6H14O.C6H14/c1-10(2,3)9-12-7-5-11(4)6-8-12;1-7-5-11-8(6-10-7)9(2,3)4;1-9(2,3)8-10-4-6-11-7-5-10;1-9(2,3)8-6-4-5-7-10-8;1-6(2,3)5-7-4;1-5-6(2,3)4/h5-9H2,1-4H3;5-6H,1-4H3;4-8H2,1-3H3;4-7H,1-3H3;5H2,1-4H3;5H2,1-4H3. The zero-order valence-corrected chi connectivity index (χ0v) is 41.9. The molecule has 2 aliphatic heterocycles. The Kier molecular flexibility index (Phi) is 27.0. The van der Waals surface area contributed by atoms with Gasteiger partial charge in [0.25, 0.3) is 0 Å². The van der Waals surface area contributed by atoms with E-state index >= 15 is 0 Å². The van der Waals surface area contributed by atoms with Gasteiger partial charge in [-0.05, 0) is 47.8 Å². The SMILES string of the molecule is CC(C)(C)CN1CCOCC1.CC(C)(C)c1ccccn1.CCC(C)(C)C.CN1CCN(CC(C)(C)C)CC1.COCC(C)(C)C.Cc1cnc(C(C)(C)C)cn1. The summed E-state index contributed by atoms with van der Waals surface area (Å²) in [6.07, 6.45) is 6.75. The fourth-order valence-corrected chi connectivity index (χ4v) is 5.13. The lowest BCUT2D eigenvalue weighted by molar-refractivity contribution is 0.0236. The molecule has 0 unspecified atom stereocenters. The number of aromatic nitrogens is 3. The van der Waals surface area contributed by atoms with Gasteiger partial charge in [-0.3, -0.25) is 19.9 Å². The minimum atomic E-state index is 0.112. The Hall–Kier alpha value is -1.97. The number of ether oxygens (including phenoxy) is 2. The van der Waals surface area contributed by atoms with Crippen LogP contribution in [0.25, 0.3) is 0 Å². The number of aryl methyl sites for hydroxylation is 1. The lowest BCUT2D eigenvalue weighted by atomic mass is 9.92. The van der Waals surface area contributed by atoms with Gasteiger partial charge in [0, 0.05) is 94.6 Å². The Balaban J connectivity index is 0. The molecule has 57 heavy (non-hydrogen) atoms. The van der Waals surface area contributed by atoms with Gasteiger partial charge in [-0.2, -0.15) is 0 Å². The van der Waals surface area contributed by atoms with Crippen LogP contribution in [0, 0.1) is 28.6 Å². The molecule has 0 N–H and O–H groups in total. The quantitative estimate of drug-likeness (QED) is 0.304. The molecule has 2 saturated heterocycles. The van der Waals surface area contributed by atoms with E-state index in [2.05, 4.69) is 174 Å². The van der Waals surface area contributed by atoms with Gasteiger partial charge in [0.1, 0.15) is 0 Å². The molecule has 0 aliphatic carbocycles. The van der Waals surface area contributed by atoms with Gasteiger partial charge in [-0.1, -0.05) is 144 Å². The van der Waals surface area contributed by atoms with Gasteiger partial charge in [0.15, 0.2) is 0 Å². The number of pyridine rings is 1. The molecule has 0 spiro atoms. The molecule has 8 nitrogen and oxygen atoms in total. The lowest BCUT2D eigenvalue weighted by Gasteiger charge is -2.36. The monoisotopic (exact) mass is 801 g/mol. The molecule has 2 aromatic rings. The van der Waals surface area contributed by atoms with Gasteiger partial charge in [0.05, 0.1) is 31.2 Å². The fourth-order valence-electron chi connectivity index (χ4n) is 5.13. The van der Waals surface area contributed by atoms with Crippen molar-refractivity contribution in [3.63, 3.8) is 0 Å². The van der Waals surface area contributed by atoms with Crippen molar-refractivity contribution in [3.8, 4) is 0 Å². The van der Waals surface area contributed by atoms with Gasteiger partial charge < -0.3 is 19.3 Å². The van der Waals surface area contributed by atoms with E-state index in [1.165, 1.54) is 45.7 Å². The maximum absolute atomic E-state index is 5.27. The topological polar surface area (TPSA) is 66.9 Å². The highest BCUT2D eigenvalue weighted by Crippen LogP contribution is 2.20. The van der Waals surface area contributed by atoms with E-state index in [0.29, 0.717) is 21.7 Å². The zero-order valence-electron chi connectivity index (χ0n) is 41.9. The largest absolute Gasteiger partial charge is 0.384 e. The Bertz CT molecular complexity index is 1230. The first-order valence-electron chi connectivity index (χ1n) is 21.7. The smallest absolute Gasteiger partial charge is 0.0640 e. The zero-order chi connectivity index (χ0) is 44.7.